The Kier molecular flexibility index (Phi) is 2.34. The Morgan fingerprint density at radius 3 is 0.969 bits per heavy atom. The lowest BCUT2D eigenvalue weighted by atomic mass is 10.2. The van der Waals surface area contributed by atoms with Gasteiger partial charge in [0.15, 0.2) is 0 Å². The first-order chi connectivity index (χ1) is 19.2. The van der Waals surface area contributed by atoms with Crippen molar-refractivity contribution < 1.29 is 11.0 Å². The molecule has 0 atom stereocenters. The van der Waals surface area contributed by atoms with E-state index >= 15 is 0 Å². The van der Waals surface area contributed by atoms with E-state index in [1.54, 1.807) is 81.9 Å². The summed E-state index contributed by atoms with van der Waals surface area (Å²) in [5.74, 6) is 0. The van der Waals surface area contributed by atoms with Crippen molar-refractivity contribution in [2.24, 2.45) is 0 Å². The summed E-state index contributed by atoms with van der Waals surface area (Å²) in [5, 5.41) is 2.77. The number of para-hydroxylation sites is 4. The van der Waals surface area contributed by atoms with E-state index in [0.29, 0.717) is 43.6 Å². The highest BCUT2D eigenvalue weighted by molar-refractivity contribution is 6.10. The van der Waals surface area contributed by atoms with E-state index in [4.69, 9.17) is 11.0 Å². The minimum atomic E-state index is -0.232. The number of hydrogen-bond donors (Lipinski definition) is 0. The molecule has 0 unspecified atom stereocenters. The van der Waals surface area contributed by atoms with Crippen molar-refractivity contribution in [1.82, 2.24) is 9.13 Å². The average Bonchev–Trinajstić information content (AvgIpc) is 3.39. The Hall–Kier alpha value is -4.30. The second kappa shape index (κ2) is 6.60. The Morgan fingerprint density at radius 2 is 0.688 bits per heavy atom. The quantitative estimate of drug-likeness (QED) is 0.271. The van der Waals surface area contributed by atoms with E-state index in [1.807, 2.05) is 0 Å². The van der Waals surface area contributed by atoms with E-state index in [1.165, 1.54) is 0 Å². The summed E-state index contributed by atoms with van der Waals surface area (Å²) in [5.41, 5.74) is 2.63. The summed E-state index contributed by atoms with van der Waals surface area (Å²) in [6.45, 7) is 0. The molecule has 2 nitrogen and oxygen atoms in total. The van der Waals surface area contributed by atoms with Crippen molar-refractivity contribution in [2.75, 3.05) is 0 Å². The van der Waals surface area contributed by atoms with Gasteiger partial charge in [-0.2, -0.15) is 0 Å². The molecule has 2 aromatic heterocycles. The van der Waals surface area contributed by atoms with Gasteiger partial charge >= 0.3 is 0 Å². The fourth-order valence-electron chi connectivity index (χ4n) is 4.60. The molecule has 0 N–H and O–H groups in total. The molecule has 0 fully saturated rings. The number of fused-ring (bicyclic) bond motifs is 6. The first kappa shape index (κ1) is 11.4. The second-order valence-electron chi connectivity index (χ2n) is 7.64. The van der Waals surface area contributed by atoms with Crippen LogP contribution in [0.25, 0.3) is 55.0 Å². The summed E-state index contributed by atoms with van der Waals surface area (Å²) >= 11 is 0. The Balaban J connectivity index is 1.61. The van der Waals surface area contributed by atoms with Crippen LogP contribution in [0.2, 0.25) is 0 Å². The van der Waals surface area contributed by atoms with E-state index in [-0.39, 0.29) is 59.7 Å². The van der Waals surface area contributed by atoms with Crippen LogP contribution in [0.1, 0.15) is 11.0 Å². The van der Waals surface area contributed by atoms with Crippen molar-refractivity contribution >= 4 is 43.6 Å². The van der Waals surface area contributed by atoms with Crippen LogP contribution in [0.3, 0.4) is 0 Å². The molecule has 0 aliphatic rings. The predicted molar refractivity (Wildman–Crippen MR) is 135 cm³/mol. The van der Waals surface area contributed by atoms with Gasteiger partial charge in [0, 0.05) is 32.9 Å². The minimum Gasteiger partial charge on any atom is -0.309 e. The third-order valence-electron chi connectivity index (χ3n) is 5.95. The van der Waals surface area contributed by atoms with Crippen LogP contribution in [0.4, 0.5) is 0 Å². The van der Waals surface area contributed by atoms with Crippen molar-refractivity contribution in [3.8, 4) is 11.4 Å². The summed E-state index contributed by atoms with van der Waals surface area (Å²) in [6.07, 6.45) is 0. The molecule has 0 bridgehead atoms. The molecule has 2 heteroatoms. The van der Waals surface area contributed by atoms with Crippen molar-refractivity contribution in [1.29, 1.82) is 0 Å². The van der Waals surface area contributed by atoms with Crippen LogP contribution in [0, 0.1) is 0 Å². The van der Waals surface area contributed by atoms with Gasteiger partial charge in [-0.1, -0.05) is 72.7 Å². The predicted octanol–water partition coefficient (Wildman–Crippen LogP) is 7.88. The first-order valence-electron chi connectivity index (χ1n) is 14.3. The van der Waals surface area contributed by atoms with Gasteiger partial charge in [-0.3, -0.25) is 0 Å². The van der Waals surface area contributed by atoms with Crippen molar-refractivity contribution in [2.45, 2.75) is 0 Å². The summed E-state index contributed by atoms with van der Waals surface area (Å²) in [7, 11) is 0. The maximum atomic E-state index is 9.11. The molecular weight excluding hydrogens is 388 g/mol. The molecule has 0 aliphatic carbocycles. The van der Waals surface area contributed by atoms with E-state index in [9.17, 15) is 0 Å². The van der Waals surface area contributed by atoms with Gasteiger partial charge in [0.1, 0.15) is 0 Å². The maximum Gasteiger partial charge on any atom is 0.0646 e. The molecule has 150 valence electrons. The SMILES string of the molecule is [2H]c1ccc2c(c1)c1cc([2H])ccc1n2-c1c([2H])c([2H])c(-n2c3ccc([2H])cc3c3cc([2H])ccc32)c([2H])c1[2H]. The zero-order valence-electron chi connectivity index (χ0n) is 24.8. The van der Waals surface area contributed by atoms with Gasteiger partial charge in [0.25, 0.3) is 0 Å². The van der Waals surface area contributed by atoms with Crippen molar-refractivity contribution in [3.63, 3.8) is 0 Å². The fraction of sp³-hybridized carbons (Fsp3) is 0. The van der Waals surface area contributed by atoms with E-state index in [0.717, 1.165) is 0 Å². The highest BCUT2D eigenvalue weighted by atomic mass is 15.0. The average molecular weight is 417 g/mol. The van der Waals surface area contributed by atoms with Crippen LogP contribution in [0.5, 0.6) is 0 Å². The number of aromatic nitrogens is 2. The van der Waals surface area contributed by atoms with Crippen LogP contribution < -0.4 is 0 Å². The number of benzene rings is 5. The molecule has 5 aromatic carbocycles. The summed E-state index contributed by atoms with van der Waals surface area (Å²) in [4.78, 5) is 0. The number of nitrogens with zero attached hydrogens (tertiary/aromatic N) is 2. The lowest BCUT2D eigenvalue weighted by Crippen LogP contribution is -1.97. The van der Waals surface area contributed by atoms with Gasteiger partial charge in [-0.15, -0.1) is 0 Å². The molecule has 0 amide bonds. The Bertz CT molecular complexity index is 1910. The molecular formula is C30H20N2. The van der Waals surface area contributed by atoms with E-state index in [2.05, 4.69) is 0 Å². The largest absolute Gasteiger partial charge is 0.309 e. The zero-order valence-corrected chi connectivity index (χ0v) is 16.8. The van der Waals surface area contributed by atoms with Gasteiger partial charge < -0.3 is 9.13 Å². The number of rotatable bonds is 2. The molecule has 32 heavy (non-hydrogen) atoms. The Morgan fingerprint density at radius 1 is 0.406 bits per heavy atom. The molecule has 0 aliphatic heterocycles. The lowest BCUT2D eigenvalue weighted by Gasteiger charge is -2.11. The molecule has 2 heterocycles. The molecule has 0 saturated carbocycles. The molecule has 0 spiro atoms. The van der Waals surface area contributed by atoms with Crippen LogP contribution >= 0.6 is 0 Å². The minimum absolute atomic E-state index is 0.0804. The Labute approximate surface area is 196 Å². The number of hydrogen-bond acceptors (Lipinski definition) is 0. The van der Waals surface area contributed by atoms with Gasteiger partial charge in [0.2, 0.25) is 0 Å². The summed E-state index contributed by atoms with van der Waals surface area (Å²) in [6, 6.07) is 20.3. The highest BCUT2D eigenvalue weighted by Crippen LogP contribution is 2.34. The normalized spacial score (nSPS) is 15.2. The van der Waals surface area contributed by atoms with Crippen LogP contribution in [-0.2, 0) is 0 Å². The van der Waals surface area contributed by atoms with E-state index < -0.39 is 0 Å². The van der Waals surface area contributed by atoms with Gasteiger partial charge in [0.05, 0.1) is 33.0 Å². The second-order valence-corrected chi connectivity index (χ2v) is 7.64. The smallest absolute Gasteiger partial charge is 0.0646 e. The van der Waals surface area contributed by atoms with Crippen LogP contribution in [0.15, 0.2) is 121 Å². The molecule has 0 saturated heterocycles. The maximum absolute atomic E-state index is 9.11. The monoisotopic (exact) mass is 416 g/mol. The zero-order chi connectivity index (χ0) is 28.0. The third-order valence-corrected chi connectivity index (χ3v) is 5.95. The summed E-state index contributed by atoms with van der Waals surface area (Å²) < 4.78 is 72.3. The molecule has 7 aromatic rings. The fourth-order valence-corrected chi connectivity index (χ4v) is 4.60. The van der Waals surface area contributed by atoms with Gasteiger partial charge in [-0.25, -0.2) is 0 Å². The first-order valence-corrected chi connectivity index (χ1v) is 10.3. The standard InChI is InChI=1S/C30H20N2/c1-5-13-27-23(9-1)24-10-2-6-14-28(24)31(27)21-17-19-22(20-18-21)32-29-15-7-3-11-25(29)26-12-4-8-16-30(26)32/h1-20H/i1D,2D,3D,4D,17D,18D,19D,20D. The highest BCUT2D eigenvalue weighted by Gasteiger charge is 2.13. The topological polar surface area (TPSA) is 9.86 Å². The van der Waals surface area contributed by atoms with Crippen molar-refractivity contribution in [3.05, 3.63) is 121 Å². The molecule has 7 rings (SSSR count). The third kappa shape index (κ3) is 2.35. The van der Waals surface area contributed by atoms with Crippen LogP contribution in [-0.4, -0.2) is 9.13 Å². The van der Waals surface area contributed by atoms with Gasteiger partial charge in [-0.05, 0) is 48.4 Å². The molecule has 0 radical (unpaired) electrons. The lowest BCUT2D eigenvalue weighted by molar-refractivity contribution is 1.14.